The number of likely N-dealkylation sites (N-methyl/N-ethyl adjacent to an activating group) is 1. The van der Waals surface area contributed by atoms with Crippen LogP contribution in [0.1, 0.15) is 30.2 Å². The number of nitrogens with zero attached hydrogens (tertiary/aromatic N) is 1. The molecule has 4 nitrogen and oxygen atoms in total. The van der Waals surface area contributed by atoms with E-state index in [1.54, 1.807) is 11.3 Å². The maximum atomic E-state index is 12.1. The van der Waals surface area contributed by atoms with Crippen molar-refractivity contribution in [3.8, 4) is 0 Å². The van der Waals surface area contributed by atoms with E-state index >= 15 is 0 Å². The molecule has 0 radical (unpaired) electrons. The standard InChI is InChI=1S/C14H23N3OS/c1-17(2)12(13-7-5-9-19-13)10-16-14(18)11-6-3-4-8-15-11/h5,7,9,11-12,15H,3-4,6,8,10H2,1-2H3,(H,16,18)/t11-,12?/m0/s1. The highest BCUT2D eigenvalue weighted by molar-refractivity contribution is 7.10. The predicted molar refractivity (Wildman–Crippen MR) is 79.4 cm³/mol. The molecular formula is C14H23N3OS. The fourth-order valence-corrected chi connectivity index (χ4v) is 3.34. The number of thiophene rings is 1. The van der Waals surface area contributed by atoms with Gasteiger partial charge >= 0.3 is 0 Å². The molecule has 2 N–H and O–H groups in total. The van der Waals surface area contributed by atoms with Gasteiger partial charge in [0.05, 0.1) is 12.1 Å². The number of nitrogens with one attached hydrogen (secondary N) is 2. The Hall–Kier alpha value is -0.910. The van der Waals surface area contributed by atoms with E-state index in [1.165, 1.54) is 11.3 Å². The third-order valence-corrected chi connectivity index (χ3v) is 4.56. The third-order valence-electron chi connectivity index (χ3n) is 3.59. The van der Waals surface area contributed by atoms with Gasteiger partial charge in [-0.25, -0.2) is 0 Å². The van der Waals surface area contributed by atoms with E-state index in [4.69, 9.17) is 0 Å². The van der Waals surface area contributed by atoms with Gasteiger partial charge < -0.3 is 15.5 Å². The van der Waals surface area contributed by atoms with Crippen LogP contribution in [0.15, 0.2) is 17.5 Å². The maximum absolute atomic E-state index is 12.1. The van der Waals surface area contributed by atoms with Crippen LogP contribution >= 0.6 is 11.3 Å². The molecule has 0 bridgehead atoms. The Morgan fingerprint density at radius 1 is 1.58 bits per heavy atom. The Labute approximate surface area is 119 Å². The van der Waals surface area contributed by atoms with Crippen molar-refractivity contribution in [2.45, 2.75) is 31.3 Å². The summed E-state index contributed by atoms with van der Waals surface area (Å²) in [5, 5.41) is 8.45. The van der Waals surface area contributed by atoms with Crippen molar-refractivity contribution < 1.29 is 4.79 Å². The minimum Gasteiger partial charge on any atom is -0.353 e. The molecule has 1 fully saturated rings. The normalized spacial score (nSPS) is 21.3. The first-order valence-corrected chi connectivity index (χ1v) is 7.77. The van der Waals surface area contributed by atoms with Gasteiger partial charge in [-0.2, -0.15) is 0 Å². The first kappa shape index (κ1) is 14.5. The van der Waals surface area contributed by atoms with Crippen molar-refractivity contribution in [2.24, 2.45) is 0 Å². The van der Waals surface area contributed by atoms with Crippen LogP contribution in [-0.4, -0.2) is 44.0 Å². The molecule has 1 aliphatic rings. The van der Waals surface area contributed by atoms with Crippen LogP contribution in [0.4, 0.5) is 0 Å². The molecule has 2 heterocycles. The largest absolute Gasteiger partial charge is 0.353 e. The SMILES string of the molecule is CN(C)C(CNC(=O)[C@@H]1CCCCN1)c1cccs1. The van der Waals surface area contributed by atoms with Gasteiger partial charge in [0.2, 0.25) is 5.91 Å². The van der Waals surface area contributed by atoms with Gasteiger partial charge in [0.25, 0.3) is 0 Å². The number of hydrogen-bond donors (Lipinski definition) is 2. The predicted octanol–water partition coefficient (Wildman–Crippen LogP) is 1.61. The van der Waals surface area contributed by atoms with Crippen LogP contribution < -0.4 is 10.6 Å². The fourth-order valence-electron chi connectivity index (χ4n) is 2.41. The van der Waals surface area contributed by atoms with E-state index in [2.05, 4.69) is 47.1 Å². The molecule has 1 aliphatic heterocycles. The Morgan fingerprint density at radius 3 is 3.00 bits per heavy atom. The summed E-state index contributed by atoms with van der Waals surface area (Å²) >= 11 is 1.74. The van der Waals surface area contributed by atoms with Crippen LogP contribution in [0.2, 0.25) is 0 Å². The average molecular weight is 281 g/mol. The highest BCUT2D eigenvalue weighted by Gasteiger charge is 2.22. The van der Waals surface area contributed by atoms with Crippen molar-refractivity contribution in [3.63, 3.8) is 0 Å². The molecule has 2 rings (SSSR count). The zero-order valence-electron chi connectivity index (χ0n) is 11.7. The van der Waals surface area contributed by atoms with Gasteiger partial charge in [-0.05, 0) is 44.9 Å². The van der Waals surface area contributed by atoms with E-state index in [9.17, 15) is 4.79 Å². The smallest absolute Gasteiger partial charge is 0.237 e. The van der Waals surface area contributed by atoms with Crippen molar-refractivity contribution >= 4 is 17.2 Å². The lowest BCUT2D eigenvalue weighted by molar-refractivity contribution is -0.123. The lowest BCUT2D eigenvalue weighted by atomic mass is 10.0. The molecule has 19 heavy (non-hydrogen) atoms. The highest BCUT2D eigenvalue weighted by atomic mass is 32.1. The minimum atomic E-state index is -0.0000945. The van der Waals surface area contributed by atoms with Crippen LogP contribution in [0.3, 0.4) is 0 Å². The molecule has 0 aromatic carbocycles. The molecule has 106 valence electrons. The first-order chi connectivity index (χ1) is 9.18. The second kappa shape index (κ2) is 7.03. The Morgan fingerprint density at radius 2 is 2.42 bits per heavy atom. The fraction of sp³-hybridized carbons (Fsp3) is 0.643. The van der Waals surface area contributed by atoms with Gasteiger partial charge in [0.1, 0.15) is 0 Å². The van der Waals surface area contributed by atoms with Crippen molar-refractivity contribution in [2.75, 3.05) is 27.2 Å². The molecule has 1 aromatic heterocycles. The van der Waals surface area contributed by atoms with Crippen LogP contribution in [0.5, 0.6) is 0 Å². The first-order valence-electron chi connectivity index (χ1n) is 6.89. The molecule has 1 unspecified atom stereocenters. The molecule has 1 saturated heterocycles. The molecule has 2 atom stereocenters. The van der Waals surface area contributed by atoms with E-state index in [0.717, 1.165) is 19.4 Å². The highest BCUT2D eigenvalue weighted by Crippen LogP contribution is 2.22. The van der Waals surface area contributed by atoms with E-state index in [1.807, 2.05) is 0 Å². The minimum absolute atomic E-state index is 0.0000945. The van der Waals surface area contributed by atoms with Gasteiger partial charge in [-0.1, -0.05) is 12.5 Å². The van der Waals surface area contributed by atoms with Gasteiger partial charge in [-0.3, -0.25) is 4.79 Å². The van der Waals surface area contributed by atoms with Gasteiger partial charge in [-0.15, -0.1) is 11.3 Å². The zero-order valence-corrected chi connectivity index (χ0v) is 12.5. The number of carbonyl (C=O) groups is 1. The Kier molecular flexibility index (Phi) is 5.36. The molecule has 0 aliphatic carbocycles. The second-order valence-electron chi connectivity index (χ2n) is 5.24. The quantitative estimate of drug-likeness (QED) is 0.862. The number of hydrogen-bond acceptors (Lipinski definition) is 4. The van der Waals surface area contributed by atoms with Crippen LogP contribution in [0, 0.1) is 0 Å². The summed E-state index contributed by atoms with van der Waals surface area (Å²) in [5.41, 5.74) is 0. The summed E-state index contributed by atoms with van der Waals surface area (Å²) in [7, 11) is 4.10. The summed E-state index contributed by atoms with van der Waals surface area (Å²) < 4.78 is 0. The molecule has 0 saturated carbocycles. The zero-order chi connectivity index (χ0) is 13.7. The van der Waals surface area contributed by atoms with E-state index in [-0.39, 0.29) is 18.0 Å². The van der Waals surface area contributed by atoms with Crippen LogP contribution in [0.25, 0.3) is 0 Å². The third kappa shape index (κ3) is 4.03. The summed E-state index contributed by atoms with van der Waals surface area (Å²) in [6.07, 6.45) is 3.28. The average Bonchev–Trinajstić information content (AvgIpc) is 2.93. The summed E-state index contributed by atoms with van der Waals surface area (Å²) in [4.78, 5) is 15.6. The lowest BCUT2D eigenvalue weighted by Gasteiger charge is -2.26. The molecule has 0 spiro atoms. The maximum Gasteiger partial charge on any atom is 0.237 e. The monoisotopic (exact) mass is 281 g/mol. The summed E-state index contributed by atoms with van der Waals surface area (Å²) in [6.45, 7) is 1.63. The number of amides is 1. The molecular weight excluding hydrogens is 258 g/mol. The van der Waals surface area contributed by atoms with Crippen molar-refractivity contribution in [1.82, 2.24) is 15.5 Å². The van der Waals surface area contributed by atoms with E-state index in [0.29, 0.717) is 6.54 Å². The number of piperidine rings is 1. The van der Waals surface area contributed by atoms with Gasteiger partial charge in [0.15, 0.2) is 0 Å². The van der Waals surface area contributed by atoms with E-state index < -0.39 is 0 Å². The summed E-state index contributed by atoms with van der Waals surface area (Å²) in [6, 6.07) is 4.44. The molecule has 1 aromatic rings. The molecule has 1 amide bonds. The second-order valence-corrected chi connectivity index (χ2v) is 6.22. The number of carbonyl (C=O) groups excluding carboxylic acids is 1. The Bertz CT molecular complexity index is 385. The molecule has 5 heteroatoms. The van der Waals surface area contributed by atoms with Gasteiger partial charge in [0, 0.05) is 11.4 Å². The van der Waals surface area contributed by atoms with Crippen LogP contribution in [-0.2, 0) is 4.79 Å². The topological polar surface area (TPSA) is 44.4 Å². The number of rotatable bonds is 5. The lowest BCUT2D eigenvalue weighted by Crippen LogP contribution is -2.48. The Balaban J connectivity index is 1.86. The van der Waals surface area contributed by atoms with Crippen molar-refractivity contribution in [1.29, 1.82) is 0 Å². The summed E-state index contributed by atoms with van der Waals surface area (Å²) in [5.74, 6) is 0.142. The van der Waals surface area contributed by atoms with Crippen molar-refractivity contribution in [3.05, 3.63) is 22.4 Å².